The number of rotatable bonds is 7. The van der Waals surface area contributed by atoms with Crippen LogP contribution in [0, 0.1) is 0 Å². The minimum Gasteiger partial charge on any atom is -0.490 e. The van der Waals surface area contributed by atoms with Gasteiger partial charge in [0.25, 0.3) is 0 Å². The summed E-state index contributed by atoms with van der Waals surface area (Å²) in [5.74, 6) is 0.862. The second-order valence-corrected chi connectivity index (χ2v) is 5.22. The first kappa shape index (κ1) is 12.5. The molecule has 0 amide bonds. The van der Waals surface area contributed by atoms with Gasteiger partial charge >= 0.3 is 0 Å². The molecule has 0 aliphatic heterocycles. The van der Waals surface area contributed by atoms with Crippen molar-refractivity contribution in [2.24, 2.45) is 0 Å². The van der Waals surface area contributed by atoms with Crippen LogP contribution in [0.1, 0.15) is 31.7 Å². The lowest BCUT2D eigenvalue weighted by molar-refractivity contribution is 0.316. The van der Waals surface area contributed by atoms with Gasteiger partial charge in [0.1, 0.15) is 0 Å². The van der Waals surface area contributed by atoms with Crippen molar-refractivity contribution < 1.29 is 9.15 Å². The summed E-state index contributed by atoms with van der Waals surface area (Å²) >= 11 is 0. The van der Waals surface area contributed by atoms with E-state index in [0.717, 1.165) is 43.4 Å². The minimum atomic E-state index is 0.735. The molecule has 1 aliphatic rings. The Labute approximate surface area is 113 Å². The highest BCUT2D eigenvalue weighted by Gasteiger charge is 2.20. The Morgan fingerprint density at radius 2 is 2.26 bits per heavy atom. The molecule has 19 heavy (non-hydrogen) atoms. The van der Waals surface area contributed by atoms with Crippen LogP contribution in [-0.2, 0) is 6.42 Å². The van der Waals surface area contributed by atoms with Gasteiger partial charge in [0.2, 0.25) is 0 Å². The number of para-hydroxylation sites is 1. The fourth-order valence-corrected chi connectivity index (χ4v) is 2.30. The second kappa shape index (κ2) is 5.66. The zero-order valence-corrected chi connectivity index (χ0v) is 11.4. The molecule has 2 aromatic rings. The average Bonchev–Trinajstić information content (AvgIpc) is 3.16. The third kappa shape index (κ3) is 2.92. The van der Waals surface area contributed by atoms with Crippen LogP contribution < -0.4 is 10.1 Å². The summed E-state index contributed by atoms with van der Waals surface area (Å²) in [6, 6.07) is 6.90. The van der Waals surface area contributed by atoms with Crippen molar-refractivity contribution >= 4 is 11.0 Å². The lowest BCUT2D eigenvalue weighted by Gasteiger charge is -2.05. The van der Waals surface area contributed by atoms with Crippen LogP contribution in [0.3, 0.4) is 0 Å². The van der Waals surface area contributed by atoms with Crippen LogP contribution in [-0.4, -0.2) is 19.2 Å². The topological polar surface area (TPSA) is 34.4 Å². The molecular weight excluding hydrogens is 238 g/mol. The lowest BCUT2D eigenvalue weighted by atomic mass is 10.1. The molecule has 0 unspecified atom stereocenters. The van der Waals surface area contributed by atoms with E-state index < -0.39 is 0 Å². The lowest BCUT2D eigenvalue weighted by Crippen LogP contribution is -2.19. The van der Waals surface area contributed by atoms with Crippen molar-refractivity contribution in [1.82, 2.24) is 5.32 Å². The van der Waals surface area contributed by atoms with Crippen molar-refractivity contribution in [2.45, 2.75) is 38.6 Å². The highest BCUT2D eigenvalue weighted by atomic mass is 16.5. The van der Waals surface area contributed by atoms with Crippen LogP contribution in [0.15, 0.2) is 28.9 Å². The largest absolute Gasteiger partial charge is 0.490 e. The van der Waals surface area contributed by atoms with Crippen LogP contribution in [0.4, 0.5) is 0 Å². The summed E-state index contributed by atoms with van der Waals surface area (Å²) in [6.07, 6.45) is 6.57. The third-order valence-corrected chi connectivity index (χ3v) is 3.51. The standard InChI is InChI=1S/C16H21NO2/c1-2-10-18-15-5-3-4-14-12(11-19-16(14)15)8-9-17-13-6-7-13/h3-5,11,13,17H,2,6-10H2,1H3. The van der Waals surface area contributed by atoms with Gasteiger partial charge in [-0.25, -0.2) is 0 Å². The van der Waals surface area contributed by atoms with Crippen LogP contribution in [0.2, 0.25) is 0 Å². The van der Waals surface area contributed by atoms with Crippen molar-refractivity contribution in [1.29, 1.82) is 0 Å². The number of hydrogen-bond acceptors (Lipinski definition) is 3. The van der Waals surface area contributed by atoms with Gasteiger partial charge < -0.3 is 14.5 Å². The fraction of sp³-hybridized carbons (Fsp3) is 0.500. The molecule has 3 heteroatoms. The average molecular weight is 259 g/mol. The monoisotopic (exact) mass is 259 g/mol. The Morgan fingerprint density at radius 3 is 3.05 bits per heavy atom. The summed E-state index contributed by atoms with van der Waals surface area (Å²) < 4.78 is 11.4. The normalized spacial score (nSPS) is 15.0. The van der Waals surface area contributed by atoms with Gasteiger partial charge in [0, 0.05) is 11.4 Å². The zero-order valence-electron chi connectivity index (χ0n) is 11.4. The molecule has 1 heterocycles. The van der Waals surface area contributed by atoms with E-state index >= 15 is 0 Å². The van der Waals surface area contributed by atoms with E-state index in [1.807, 2.05) is 18.4 Å². The number of hydrogen-bond donors (Lipinski definition) is 1. The summed E-state index contributed by atoms with van der Waals surface area (Å²) in [7, 11) is 0. The first-order chi connectivity index (χ1) is 9.38. The zero-order chi connectivity index (χ0) is 13.1. The highest BCUT2D eigenvalue weighted by Crippen LogP contribution is 2.30. The van der Waals surface area contributed by atoms with Crippen molar-refractivity contribution in [3.63, 3.8) is 0 Å². The third-order valence-electron chi connectivity index (χ3n) is 3.51. The molecule has 3 nitrogen and oxygen atoms in total. The highest BCUT2D eigenvalue weighted by molar-refractivity contribution is 5.86. The van der Waals surface area contributed by atoms with Crippen LogP contribution in [0.5, 0.6) is 5.75 Å². The van der Waals surface area contributed by atoms with E-state index in [0.29, 0.717) is 0 Å². The van der Waals surface area contributed by atoms with Gasteiger partial charge in [0.05, 0.1) is 12.9 Å². The number of nitrogens with one attached hydrogen (secondary N) is 1. The molecule has 3 rings (SSSR count). The summed E-state index contributed by atoms with van der Waals surface area (Å²) in [6.45, 7) is 3.87. The molecule has 1 fully saturated rings. The van der Waals surface area contributed by atoms with Gasteiger partial charge in [-0.3, -0.25) is 0 Å². The van der Waals surface area contributed by atoms with E-state index in [2.05, 4.69) is 18.3 Å². The van der Waals surface area contributed by atoms with Gasteiger partial charge in [-0.05, 0) is 43.9 Å². The smallest absolute Gasteiger partial charge is 0.175 e. The number of benzene rings is 1. The molecular formula is C16H21NO2. The van der Waals surface area contributed by atoms with Crippen LogP contribution in [0.25, 0.3) is 11.0 Å². The molecule has 102 valence electrons. The van der Waals surface area contributed by atoms with Gasteiger partial charge in [-0.15, -0.1) is 0 Å². The Hall–Kier alpha value is -1.48. The Balaban J connectivity index is 1.73. The predicted octanol–water partition coefficient (Wildman–Crippen LogP) is 3.52. The quantitative estimate of drug-likeness (QED) is 0.826. The SMILES string of the molecule is CCCOc1cccc2c(CCNC3CC3)coc12. The second-order valence-electron chi connectivity index (χ2n) is 5.22. The minimum absolute atomic E-state index is 0.735. The first-order valence-electron chi connectivity index (χ1n) is 7.23. The Bertz CT molecular complexity index is 543. The maximum atomic E-state index is 5.73. The molecule has 1 aliphatic carbocycles. The number of fused-ring (bicyclic) bond motifs is 1. The molecule has 1 saturated carbocycles. The Kier molecular flexibility index (Phi) is 3.74. The molecule has 0 radical (unpaired) electrons. The predicted molar refractivity (Wildman–Crippen MR) is 76.7 cm³/mol. The molecule has 1 aromatic heterocycles. The molecule has 0 saturated heterocycles. The van der Waals surface area contributed by atoms with E-state index in [1.165, 1.54) is 23.8 Å². The van der Waals surface area contributed by atoms with Gasteiger partial charge in [0.15, 0.2) is 11.3 Å². The van der Waals surface area contributed by atoms with Crippen LogP contribution >= 0.6 is 0 Å². The van der Waals surface area contributed by atoms with Gasteiger partial charge in [-0.1, -0.05) is 19.1 Å². The van der Waals surface area contributed by atoms with E-state index in [-0.39, 0.29) is 0 Å². The summed E-state index contributed by atoms with van der Waals surface area (Å²) in [4.78, 5) is 0. The summed E-state index contributed by atoms with van der Waals surface area (Å²) in [5, 5.41) is 4.72. The fourth-order valence-electron chi connectivity index (χ4n) is 2.30. The van der Waals surface area contributed by atoms with E-state index in [1.54, 1.807) is 0 Å². The molecule has 1 aromatic carbocycles. The maximum Gasteiger partial charge on any atom is 0.175 e. The molecule has 1 N–H and O–H groups in total. The van der Waals surface area contributed by atoms with Crippen molar-refractivity contribution in [2.75, 3.05) is 13.2 Å². The molecule has 0 spiro atoms. The molecule has 0 bridgehead atoms. The van der Waals surface area contributed by atoms with Crippen molar-refractivity contribution in [3.8, 4) is 5.75 Å². The van der Waals surface area contributed by atoms with E-state index in [9.17, 15) is 0 Å². The maximum absolute atomic E-state index is 5.73. The number of ether oxygens (including phenoxy) is 1. The van der Waals surface area contributed by atoms with E-state index in [4.69, 9.17) is 9.15 Å². The van der Waals surface area contributed by atoms with Gasteiger partial charge in [-0.2, -0.15) is 0 Å². The number of furan rings is 1. The Morgan fingerprint density at radius 1 is 1.37 bits per heavy atom. The van der Waals surface area contributed by atoms with Crippen molar-refractivity contribution in [3.05, 3.63) is 30.0 Å². The summed E-state index contributed by atoms with van der Waals surface area (Å²) in [5.41, 5.74) is 2.16. The first-order valence-corrected chi connectivity index (χ1v) is 7.23. The molecule has 0 atom stereocenters.